The Morgan fingerprint density at radius 1 is 1.18 bits per heavy atom. The first kappa shape index (κ1) is 18.8. The maximum Gasteiger partial charge on any atom is 0.446 e. The smallest absolute Gasteiger partial charge is 0.351 e. The zero-order chi connectivity index (χ0) is 17.0. The minimum atomic E-state index is -4.32. The molecule has 0 unspecified atom stereocenters. The van der Waals surface area contributed by atoms with E-state index in [1.807, 2.05) is 32.8 Å². The molecule has 0 spiro atoms. The maximum absolute atomic E-state index is 12.2. The van der Waals surface area contributed by atoms with Gasteiger partial charge in [0.1, 0.15) is 0 Å². The summed E-state index contributed by atoms with van der Waals surface area (Å²) in [7, 11) is 3.92. The van der Waals surface area contributed by atoms with Gasteiger partial charge in [-0.05, 0) is 55.5 Å². The fourth-order valence-electron chi connectivity index (χ4n) is 2.14. The highest BCUT2D eigenvalue weighted by atomic mass is 32.2. The summed E-state index contributed by atoms with van der Waals surface area (Å²) in [6.45, 7) is 5.38. The number of thioether (sulfide) groups is 1. The third kappa shape index (κ3) is 7.17. The summed E-state index contributed by atoms with van der Waals surface area (Å²) >= 11 is -0.192. The molecule has 3 nitrogen and oxygen atoms in total. The topological polar surface area (TPSA) is 32.3 Å². The second-order valence-electron chi connectivity index (χ2n) is 6.16. The summed E-state index contributed by atoms with van der Waals surface area (Å²) in [5, 5.41) is 2.82. The molecule has 124 valence electrons. The summed E-state index contributed by atoms with van der Waals surface area (Å²) < 4.78 is 36.7. The number of carbonyl (C=O) groups is 1. The molecular weight excluding hydrogens is 313 g/mol. The molecule has 0 aliphatic rings. The summed E-state index contributed by atoms with van der Waals surface area (Å²) in [6.07, 6.45) is 0. The molecular formula is C15H21F3N2OS. The van der Waals surface area contributed by atoms with Crippen LogP contribution in [0, 0.1) is 5.41 Å². The number of nitrogens with one attached hydrogen (secondary N) is 1. The zero-order valence-corrected chi connectivity index (χ0v) is 13.9. The summed E-state index contributed by atoms with van der Waals surface area (Å²) in [5.41, 5.74) is -4.06. The van der Waals surface area contributed by atoms with Crippen LogP contribution in [0.25, 0.3) is 0 Å². The second-order valence-corrected chi connectivity index (χ2v) is 7.30. The van der Waals surface area contributed by atoms with E-state index in [1.54, 1.807) is 0 Å². The third-order valence-corrected chi connectivity index (χ3v) is 3.56. The van der Waals surface area contributed by atoms with Crippen molar-refractivity contribution >= 4 is 17.7 Å². The van der Waals surface area contributed by atoms with Gasteiger partial charge in [-0.15, -0.1) is 0 Å². The number of benzene rings is 1. The molecule has 1 aromatic rings. The lowest BCUT2D eigenvalue weighted by atomic mass is 9.93. The lowest BCUT2D eigenvalue weighted by Gasteiger charge is -2.28. The number of rotatable bonds is 6. The number of alkyl halides is 3. The first-order chi connectivity index (χ1) is 9.98. The molecule has 1 amide bonds. The van der Waals surface area contributed by atoms with E-state index in [0.717, 1.165) is 6.54 Å². The highest BCUT2D eigenvalue weighted by Gasteiger charge is 2.29. The van der Waals surface area contributed by atoms with E-state index < -0.39 is 5.51 Å². The van der Waals surface area contributed by atoms with E-state index in [1.165, 1.54) is 24.3 Å². The van der Waals surface area contributed by atoms with Crippen LogP contribution < -0.4 is 5.32 Å². The van der Waals surface area contributed by atoms with E-state index in [-0.39, 0.29) is 28.0 Å². The van der Waals surface area contributed by atoms with Gasteiger partial charge in [-0.1, -0.05) is 13.8 Å². The van der Waals surface area contributed by atoms with Crippen LogP contribution in [0.3, 0.4) is 0 Å². The lowest BCUT2D eigenvalue weighted by molar-refractivity contribution is -0.0328. The molecule has 7 heteroatoms. The molecule has 0 saturated carbocycles. The summed E-state index contributed by atoms with van der Waals surface area (Å²) in [4.78, 5) is 14.1. The van der Waals surface area contributed by atoms with Crippen molar-refractivity contribution in [3.05, 3.63) is 29.8 Å². The van der Waals surface area contributed by atoms with Crippen LogP contribution in [0.15, 0.2) is 29.2 Å². The van der Waals surface area contributed by atoms with Gasteiger partial charge >= 0.3 is 5.51 Å². The third-order valence-electron chi connectivity index (χ3n) is 2.82. The van der Waals surface area contributed by atoms with Gasteiger partial charge in [0, 0.05) is 23.5 Å². The molecule has 1 N–H and O–H groups in total. The van der Waals surface area contributed by atoms with Crippen molar-refractivity contribution in [1.29, 1.82) is 0 Å². The van der Waals surface area contributed by atoms with Crippen molar-refractivity contribution in [2.75, 3.05) is 27.2 Å². The molecule has 0 fully saturated rings. The van der Waals surface area contributed by atoms with Gasteiger partial charge in [-0.3, -0.25) is 4.79 Å². The van der Waals surface area contributed by atoms with Gasteiger partial charge in [-0.25, -0.2) is 0 Å². The van der Waals surface area contributed by atoms with Crippen LogP contribution in [0.2, 0.25) is 0 Å². The monoisotopic (exact) mass is 334 g/mol. The highest BCUT2D eigenvalue weighted by molar-refractivity contribution is 8.00. The van der Waals surface area contributed by atoms with E-state index >= 15 is 0 Å². The Morgan fingerprint density at radius 3 is 2.18 bits per heavy atom. The molecule has 22 heavy (non-hydrogen) atoms. The lowest BCUT2D eigenvalue weighted by Crippen LogP contribution is -2.39. The fraction of sp³-hybridized carbons (Fsp3) is 0.533. The van der Waals surface area contributed by atoms with Gasteiger partial charge in [0.2, 0.25) is 0 Å². The first-order valence-electron chi connectivity index (χ1n) is 6.77. The zero-order valence-electron chi connectivity index (χ0n) is 13.1. The Bertz CT molecular complexity index is 499. The predicted molar refractivity (Wildman–Crippen MR) is 83.0 cm³/mol. The molecule has 0 atom stereocenters. The normalized spacial score (nSPS) is 12.5. The van der Waals surface area contributed by atoms with Crippen LogP contribution in [0.5, 0.6) is 0 Å². The van der Waals surface area contributed by atoms with Crippen LogP contribution in [-0.2, 0) is 0 Å². The number of halogens is 3. The number of hydrogen-bond acceptors (Lipinski definition) is 3. The summed E-state index contributed by atoms with van der Waals surface area (Å²) in [5.74, 6) is -0.282. The Kier molecular flexibility index (Phi) is 6.31. The summed E-state index contributed by atoms with van der Waals surface area (Å²) in [6, 6.07) is 5.42. The predicted octanol–water partition coefficient (Wildman–Crippen LogP) is 3.62. The Morgan fingerprint density at radius 2 is 1.73 bits per heavy atom. The van der Waals surface area contributed by atoms with E-state index in [2.05, 4.69) is 5.32 Å². The van der Waals surface area contributed by atoms with Crippen molar-refractivity contribution < 1.29 is 18.0 Å². The van der Waals surface area contributed by atoms with Gasteiger partial charge in [-0.2, -0.15) is 13.2 Å². The number of hydrogen-bond donors (Lipinski definition) is 1. The van der Waals surface area contributed by atoms with Crippen molar-refractivity contribution in [3.8, 4) is 0 Å². The van der Waals surface area contributed by atoms with Gasteiger partial charge in [0.15, 0.2) is 0 Å². The average Bonchev–Trinajstić information content (AvgIpc) is 2.33. The van der Waals surface area contributed by atoms with Gasteiger partial charge < -0.3 is 10.2 Å². The van der Waals surface area contributed by atoms with Crippen LogP contribution in [0.4, 0.5) is 13.2 Å². The molecule has 0 radical (unpaired) electrons. The molecule has 0 aliphatic carbocycles. The molecule has 0 aromatic heterocycles. The van der Waals surface area contributed by atoms with Crippen LogP contribution >= 0.6 is 11.8 Å². The molecule has 0 bridgehead atoms. The minimum Gasteiger partial charge on any atom is -0.351 e. The van der Waals surface area contributed by atoms with Crippen molar-refractivity contribution in [1.82, 2.24) is 10.2 Å². The Balaban J connectivity index is 2.59. The number of nitrogens with zero attached hydrogens (tertiary/aromatic N) is 1. The number of carbonyl (C=O) groups excluding carboxylic acids is 1. The largest absolute Gasteiger partial charge is 0.446 e. The Labute approximate surface area is 133 Å². The quantitative estimate of drug-likeness (QED) is 0.807. The standard InChI is InChI=1S/C15H21F3N2OS/c1-14(2,10-20(3)4)9-19-13(21)11-5-7-12(8-6-11)22-15(16,17)18/h5-8H,9-10H2,1-4H3,(H,19,21). The molecule has 0 aliphatic heterocycles. The maximum atomic E-state index is 12.2. The molecule has 1 rings (SSSR count). The van der Waals surface area contributed by atoms with E-state index in [4.69, 9.17) is 0 Å². The Hall–Kier alpha value is -1.21. The minimum absolute atomic E-state index is 0.0667. The second kappa shape index (κ2) is 7.37. The van der Waals surface area contributed by atoms with Crippen LogP contribution in [0.1, 0.15) is 24.2 Å². The average molecular weight is 334 g/mol. The molecule has 1 aromatic carbocycles. The molecule has 0 saturated heterocycles. The van der Waals surface area contributed by atoms with E-state index in [0.29, 0.717) is 12.1 Å². The first-order valence-corrected chi connectivity index (χ1v) is 7.59. The highest BCUT2D eigenvalue weighted by Crippen LogP contribution is 2.36. The van der Waals surface area contributed by atoms with Crippen molar-refractivity contribution in [3.63, 3.8) is 0 Å². The van der Waals surface area contributed by atoms with Gasteiger partial charge in [0.25, 0.3) is 5.91 Å². The molecule has 0 heterocycles. The van der Waals surface area contributed by atoms with Gasteiger partial charge in [0.05, 0.1) is 0 Å². The van der Waals surface area contributed by atoms with Crippen molar-refractivity contribution in [2.45, 2.75) is 24.3 Å². The fourth-order valence-corrected chi connectivity index (χ4v) is 2.68. The van der Waals surface area contributed by atoms with E-state index in [9.17, 15) is 18.0 Å². The SMILES string of the molecule is CN(C)CC(C)(C)CNC(=O)c1ccc(SC(F)(F)F)cc1. The van der Waals surface area contributed by atoms with Crippen molar-refractivity contribution in [2.24, 2.45) is 5.41 Å². The van der Waals surface area contributed by atoms with Crippen LogP contribution in [-0.4, -0.2) is 43.5 Å². The number of amides is 1.